The average Bonchev–Trinajstić information content (AvgIpc) is 1.96. The number of aromatic hydroxyl groups is 1. The Morgan fingerprint density at radius 3 is 2.29 bits per heavy atom. The summed E-state index contributed by atoms with van der Waals surface area (Å²) in [6.07, 6.45) is 0. The van der Waals surface area contributed by atoms with Crippen molar-refractivity contribution < 1.29 is 39.3 Å². The Kier molecular flexibility index (Phi) is 8.33. The maximum Gasteiger partial charge on any atom is 1.00 e. The van der Waals surface area contributed by atoms with E-state index >= 15 is 0 Å². The minimum Gasteiger partial charge on any atom is -0.545 e. The molecular formula is C7H5I2LiO4. The van der Waals surface area contributed by atoms with Crippen LogP contribution in [0.2, 0.25) is 0 Å². The Labute approximate surface area is 120 Å². The van der Waals surface area contributed by atoms with Gasteiger partial charge in [-0.1, -0.05) is 0 Å². The quantitative estimate of drug-likeness (QED) is 0.397. The molecule has 0 aromatic heterocycles. The standard InChI is InChI=1S/C7H4I2O3.Li.H2O/c8-3-1-4(7(11)12)6(10)5(9)2-3;;/h1-2,10H,(H,11,12);;1H2/q;+1;/p-1. The predicted octanol–water partition coefficient (Wildman–Crippen LogP) is -2.86. The van der Waals surface area contributed by atoms with Gasteiger partial charge in [0.2, 0.25) is 0 Å². The van der Waals surface area contributed by atoms with E-state index in [1.165, 1.54) is 6.07 Å². The van der Waals surface area contributed by atoms with Gasteiger partial charge in [-0.15, -0.1) is 0 Å². The fraction of sp³-hybridized carbons (Fsp3) is 0. The van der Waals surface area contributed by atoms with Crippen LogP contribution in [0.4, 0.5) is 0 Å². The van der Waals surface area contributed by atoms with Crippen LogP contribution >= 0.6 is 45.2 Å². The first-order valence-electron chi connectivity index (χ1n) is 2.91. The molecule has 1 aromatic carbocycles. The van der Waals surface area contributed by atoms with Crippen LogP contribution in [0.25, 0.3) is 0 Å². The molecular weight excluding hydrogens is 409 g/mol. The Balaban J connectivity index is 0. The first-order chi connectivity index (χ1) is 5.52. The molecule has 0 radical (unpaired) electrons. The van der Waals surface area contributed by atoms with Crippen molar-refractivity contribution in [3.8, 4) is 5.75 Å². The third-order valence-electron chi connectivity index (χ3n) is 1.25. The summed E-state index contributed by atoms with van der Waals surface area (Å²) < 4.78 is 1.27. The molecule has 0 amide bonds. The number of phenols is 1. The van der Waals surface area contributed by atoms with Crippen LogP contribution in [0.1, 0.15) is 10.4 Å². The first-order valence-corrected chi connectivity index (χ1v) is 5.07. The van der Waals surface area contributed by atoms with Crippen molar-refractivity contribution in [2.24, 2.45) is 0 Å². The van der Waals surface area contributed by atoms with Crippen molar-refractivity contribution >= 4 is 51.2 Å². The van der Waals surface area contributed by atoms with E-state index < -0.39 is 5.97 Å². The molecule has 0 fully saturated rings. The summed E-state index contributed by atoms with van der Waals surface area (Å²) >= 11 is 3.84. The summed E-state index contributed by atoms with van der Waals surface area (Å²) in [5, 5.41) is 19.7. The van der Waals surface area contributed by atoms with Crippen molar-refractivity contribution in [2.75, 3.05) is 0 Å². The summed E-state index contributed by atoms with van der Waals surface area (Å²) in [6, 6.07) is 3.05. The molecule has 14 heavy (non-hydrogen) atoms. The van der Waals surface area contributed by atoms with Gasteiger partial charge in [-0.2, -0.15) is 0 Å². The Morgan fingerprint density at radius 1 is 1.36 bits per heavy atom. The molecule has 0 unspecified atom stereocenters. The van der Waals surface area contributed by atoms with Crippen LogP contribution in [0.15, 0.2) is 12.1 Å². The number of carbonyl (C=O) groups is 1. The molecule has 1 aromatic rings. The van der Waals surface area contributed by atoms with Crippen LogP contribution < -0.4 is 24.0 Å². The summed E-state index contributed by atoms with van der Waals surface area (Å²) in [4.78, 5) is 10.4. The van der Waals surface area contributed by atoms with Gasteiger partial charge in [0.25, 0.3) is 0 Å². The Bertz CT molecular complexity index is 343. The second kappa shape index (κ2) is 6.89. The van der Waals surface area contributed by atoms with Gasteiger partial charge in [0.1, 0.15) is 5.75 Å². The zero-order chi connectivity index (χ0) is 9.30. The Hall–Kier alpha value is 0.507. The van der Waals surface area contributed by atoms with E-state index in [2.05, 4.69) is 0 Å². The van der Waals surface area contributed by atoms with Gasteiger partial charge in [-0.3, -0.25) is 0 Å². The summed E-state index contributed by atoms with van der Waals surface area (Å²) in [6.45, 7) is 0. The molecule has 0 saturated carbocycles. The average molecular weight is 414 g/mol. The van der Waals surface area contributed by atoms with Crippen molar-refractivity contribution in [3.63, 3.8) is 0 Å². The molecule has 0 aliphatic rings. The van der Waals surface area contributed by atoms with Gasteiger partial charge in [-0.05, 0) is 57.3 Å². The number of rotatable bonds is 1. The molecule has 3 N–H and O–H groups in total. The zero-order valence-electron chi connectivity index (χ0n) is 7.17. The number of hydrogen-bond donors (Lipinski definition) is 1. The van der Waals surface area contributed by atoms with E-state index in [-0.39, 0.29) is 35.6 Å². The van der Waals surface area contributed by atoms with Crippen LogP contribution in [0.3, 0.4) is 0 Å². The third kappa shape index (κ3) is 3.94. The number of halogens is 2. The maximum absolute atomic E-state index is 10.4. The molecule has 0 aliphatic carbocycles. The van der Waals surface area contributed by atoms with E-state index in [0.717, 1.165) is 3.57 Å². The van der Waals surface area contributed by atoms with Crippen molar-refractivity contribution in [3.05, 3.63) is 24.8 Å². The molecule has 0 saturated heterocycles. The van der Waals surface area contributed by atoms with Gasteiger partial charge >= 0.3 is 18.9 Å². The predicted molar refractivity (Wildman–Crippen MR) is 61.5 cm³/mol. The number of benzene rings is 1. The van der Waals surface area contributed by atoms with Crippen LogP contribution in [0, 0.1) is 7.14 Å². The normalized spacial score (nSPS) is 8.43. The number of carboxylic acid groups (broad SMARTS) is 1. The van der Waals surface area contributed by atoms with Crippen molar-refractivity contribution in [1.82, 2.24) is 0 Å². The first kappa shape index (κ1) is 16.9. The third-order valence-corrected chi connectivity index (χ3v) is 2.69. The van der Waals surface area contributed by atoms with E-state index in [4.69, 9.17) is 0 Å². The molecule has 0 spiro atoms. The van der Waals surface area contributed by atoms with E-state index in [1.807, 2.05) is 45.2 Å². The number of hydrogen-bond acceptors (Lipinski definition) is 3. The van der Waals surface area contributed by atoms with Gasteiger partial charge in [0.05, 0.1) is 9.54 Å². The minimum atomic E-state index is -1.36. The molecule has 0 aliphatic heterocycles. The molecule has 0 bridgehead atoms. The van der Waals surface area contributed by atoms with Crippen LogP contribution in [-0.4, -0.2) is 16.6 Å². The number of aromatic carboxylic acids is 1. The summed E-state index contributed by atoms with van der Waals surface area (Å²) in [5.74, 6) is -1.58. The molecule has 0 heterocycles. The largest absolute Gasteiger partial charge is 1.00 e. The van der Waals surface area contributed by atoms with Gasteiger partial charge in [0.15, 0.2) is 0 Å². The van der Waals surface area contributed by atoms with Crippen molar-refractivity contribution in [2.45, 2.75) is 0 Å². The monoisotopic (exact) mass is 414 g/mol. The van der Waals surface area contributed by atoms with Gasteiger partial charge < -0.3 is 20.5 Å². The molecule has 0 atom stereocenters. The minimum absolute atomic E-state index is 0. The van der Waals surface area contributed by atoms with Crippen LogP contribution in [-0.2, 0) is 0 Å². The Morgan fingerprint density at radius 2 is 1.86 bits per heavy atom. The maximum atomic E-state index is 10.4. The fourth-order valence-corrected chi connectivity index (χ4v) is 2.57. The molecule has 72 valence electrons. The molecule has 4 nitrogen and oxygen atoms in total. The van der Waals surface area contributed by atoms with Gasteiger partial charge in [0, 0.05) is 9.13 Å². The summed E-state index contributed by atoms with van der Waals surface area (Å²) in [5.41, 5.74) is -0.161. The van der Waals surface area contributed by atoms with E-state index in [9.17, 15) is 15.0 Å². The van der Waals surface area contributed by atoms with E-state index in [1.54, 1.807) is 6.07 Å². The second-order valence-electron chi connectivity index (χ2n) is 2.07. The fourth-order valence-electron chi connectivity index (χ4n) is 0.722. The van der Waals surface area contributed by atoms with Crippen molar-refractivity contribution in [1.29, 1.82) is 0 Å². The zero-order valence-corrected chi connectivity index (χ0v) is 11.5. The van der Waals surface area contributed by atoms with Crippen LogP contribution in [0.5, 0.6) is 5.75 Å². The molecule has 7 heteroatoms. The number of carbonyl (C=O) groups excluding carboxylic acids is 1. The summed E-state index contributed by atoms with van der Waals surface area (Å²) in [7, 11) is 0. The van der Waals surface area contributed by atoms with Gasteiger partial charge in [-0.25, -0.2) is 0 Å². The number of carboxylic acids is 1. The SMILES string of the molecule is O.O=C([O-])c1cc(I)cc(I)c1O.[Li+]. The van der Waals surface area contributed by atoms with E-state index in [0.29, 0.717) is 3.57 Å². The second-order valence-corrected chi connectivity index (χ2v) is 4.48. The smallest absolute Gasteiger partial charge is 0.545 e. The molecule has 1 rings (SSSR count). The topological polar surface area (TPSA) is 91.9 Å².